The number of ether oxygens (including phenoxy) is 2. The van der Waals surface area contributed by atoms with Crippen molar-refractivity contribution in [2.75, 3.05) is 24.4 Å². The maximum atomic E-state index is 13.7. The van der Waals surface area contributed by atoms with Crippen LogP contribution < -0.4 is 15.4 Å². The zero-order valence-corrected chi connectivity index (χ0v) is 19.6. The zero-order valence-electron chi connectivity index (χ0n) is 19.6. The molecule has 2 unspecified atom stereocenters. The van der Waals surface area contributed by atoms with E-state index in [1.54, 1.807) is 50.4 Å². The smallest absolute Gasteiger partial charge is 0.250 e. The molecule has 2 aromatic carbocycles. The topological polar surface area (TPSA) is 117 Å². The number of aliphatic hydroxyl groups excluding tert-OH is 1. The van der Waals surface area contributed by atoms with Crippen molar-refractivity contribution in [3.63, 3.8) is 0 Å². The molecule has 3 heterocycles. The number of rotatable bonds is 7. The molecule has 3 saturated heterocycles. The minimum Gasteiger partial charge on any atom is -0.497 e. The van der Waals surface area contributed by atoms with E-state index < -0.39 is 41.5 Å². The van der Waals surface area contributed by atoms with E-state index in [0.29, 0.717) is 30.0 Å². The van der Waals surface area contributed by atoms with E-state index in [0.717, 1.165) is 0 Å². The Morgan fingerprint density at radius 2 is 1.77 bits per heavy atom. The first-order valence-electron chi connectivity index (χ1n) is 11.8. The van der Waals surface area contributed by atoms with Gasteiger partial charge < -0.3 is 30.1 Å². The number of anilines is 2. The van der Waals surface area contributed by atoms with Crippen LogP contribution in [0.15, 0.2) is 54.6 Å². The number of nitrogens with zero attached hydrogens (tertiary/aromatic N) is 1. The number of fused-ring (bicyclic) bond motifs is 1. The van der Waals surface area contributed by atoms with Gasteiger partial charge in [0.2, 0.25) is 17.7 Å². The average molecular weight is 480 g/mol. The minimum absolute atomic E-state index is 0.297. The number of likely N-dealkylation sites (tertiary alicyclic amines) is 1. The van der Waals surface area contributed by atoms with Gasteiger partial charge in [0.05, 0.1) is 37.7 Å². The number of hydrogen-bond acceptors (Lipinski definition) is 6. The van der Waals surface area contributed by atoms with E-state index in [1.807, 2.05) is 18.2 Å². The molecule has 5 rings (SSSR count). The van der Waals surface area contributed by atoms with Gasteiger partial charge in [-0.3, -0.25) is 14.4 Å². The molecule has 0 aromatic heterocycles. The highest BCUT2D eigenvalue weighted by atomic mass is 16.5. The summed E-state index contributed by atoms with van der Waals surface area (Å²) in [5.41, 5.74) is 0.0558. The summed E-state index contributed by atoms with van der Waals surface area (Å²) in [6, 6.07) is 14.4. The third-order valence-electron chi connectivity index (χ3n) is 7.43. The van der Waals surface area contributed by atoms with Gasteiger partial charge in [0.25, 0.3) is 0 Å². The summed E-state index contributed by atoms with van der Waals surface area (Å²) in [7, 11) is 1.56. The van der Waals surface area contributed by atoms with E-state index in [9.17, 15) is 19.5 Å². The Kier molecular flexibility index (Phi) is 5.98. The van der Waals surface area contributed by atoms with Crippen LogP contribution in [0.2, 0.25) is 0 Å². The van der Waals surface area contributed by atoms with Crippen LogP contribution in [0.1, 0.15) is 19.8 Å². The molecule has 3 fully saturated rings. The fraction of sp³-hybridized carbons (Fsp3) is 0.423. The maximum Gasteiger partial charge on any atom is 0.250 e. The molecule has 3 aliphatic heterocycles. The molecule has 2 aromatic rings. The number of carbonyl (C=O) groups is 3. The van der Waals surface area contributed by atoms with E-state index in [1.165, 1.54) is 4.90 Å². The first-order chi connectivity index (χ1) is 16.9. The van der Waals surface area contributed by atoms with Gasteiger partial charge in [0.1, 0.15) is 17.4 Å². The molecule has 9 nitrogen and oxygen atoms in total. The van der Waals surface area contributed by atoms with Crippen LogP contribution in [0, 0.1) is 11.8 Å². The Hall–Kier alpha value is -3.43. The summed E-state index contributed by atoms with van der Waals surface area (Å²) in [5.74, 6) is -1.91. The first-order valence-corrected chi connectivity index (χ1v) is 11.8. The summed E-state index contributed by atoms with van der Waals surface area (Å²) in [6.45, 7) is 1.37. The highest BCUT2D eigenvalue weighted by Crippen LogP contribution is 2.59. The predicted molar refractivity (Wildman–Crippen MR) is 128 cm³/mol. The lowest BCUT2D eigenvalue weighted by atomic mass is 9.70. The van der Waals surface area contributed by atoms with Crippen LogP contribution in [0.3, 0.4) is 0 Å². The monoisotopic (exact) mass is 479 g/mol. The van der Waals surface area contributed by atoms with Gasteiger partial charge in [-0.25, -0.2) is 0 Å². The Morgan fingerprint density at radius 1 is 1.11 bits per heavy atom. The molecule has 0 aliphatic carbocycles. The van der Waals surface area contributed by atoms with Gasteiger partial charge in [0, 0.05) is 11.4 Å². The van der Waals surface area contributed by atoms with E-state index in [-0.39, 0.29) is 18.4 Å². The first kappa shape index (κ1) is 23.3. The molecular formula is C26H29N3O6. The standard InChI is InChI=1S/C26H29N3O6/c1-15(14-30)29-22(24(32)28-17-8-10-18(34-2)11-9-17)26-13-12-19(35-26)20(21(26)25(29)33)23(31)27-16-6-4-3-5-7-16/h3-11,15,19-22,30H,12-14H2,1-2H3,(H,27,31)(H,28,32)/t15-,19-,20+,21+,22?,26?/m1/s1. The molecule has 184 valence electrons. The number of nitrogens with one attached hydrogen (secondary N) is 2. The van der Waals surface area contributed by atoms with Crippen molar-refractivity contribution in [1.29, 1.82) is 0 Å². The SMILES string of the molecule is COc1ccc(NC(=O)C2N([C@H](C)CO)C(=O)[C@@H]3[C@@H](C(=O)Nc4ccccc4)[C@H]4CCC23O4)cc1. The fourth-order valence-electron chi connectivity index (χ4n) is 5.89. The summed E-state index contributed by atoms with van der Waals surface area (Å²) >= 11 is 0. The second kappa shape index (κ2) is 8.98. The fourth-order valence-corrected chi connectivity index (χ4v) is 5.89. The highest BCUT2D eigenvalue weighted by Gasteiger charge is 2.74. The van der Waals surface area contributed by atoms with Crippen molar-refractivity contribution in [2.24, 2.45) is 11.8 Å². The average Bonchev–Trinajstić information content (AvgIpc) is 3.52. The summed E-state index contributed by atoms with van der Waals surface area (Å²) in [6.07, 6.45) is 0.610. The molecule has 1 spiro atoms. The van der Waals surface area contributed by atoms with Crippen LogP contribution in [0.5, 0.6) is 5.75 Å². The van der Waals surface area contributed by atoms with Crippen molar-refractivity contribution >= 4 is 29.1 Å². The quantitative estimate of drug-likeness (QED) is 0.560. The largest absolute Gasteiger partial charge is 0.497 e. The summed E-state index contributed by atoms with van der Waals surface area (Å²) in [5, 5.41) is 15.7. The van der Waals surface area contributed by atoms with Gasteiger partial charge in [-0.2, -0.15) is 0 Å². The molecule has 0 radical (unpaired) electrons. The Balaban J connectivity index is 1.46. The molecular weight excluding hydrogens is 450 g/mol. The van der Waals surface area contributed by atoms with Gasteiger partial charge in [-0.1, -0.05) is 18.2 Å². The molecule has 3 N–H and O–H groups in total. The predicted octanol–water partition coefficient (Wildman–Crippen LogP) is 2.03. The number of carbonyl (C=O) groups excluding carboxylic acids is 3. The van der Waals surface area contributed by atoms with Gasteiger partial charge in [-0.05, 0) is 56.2 Å². The van der Waals surface area contributed by atoms with Gasteiger partial charge in [-0.15, -0.1) is 0 Å². The normalized spacial score (nSPS) is 29.6. The number of benzene rings is 2. The van der Waals surface area contributed by atoms with Crippen molar-refractivity contribution in [3.05, 3.63) is 54.6 Å². The number of para-hydroxylation sites is 1. The Labute approximate surface area is 203 Å². The number of methoxy groups -OCH3 is 1. The van der Waals surface area contributed by atoms with Crippen LogP contribution in [-0.2, 0) is 19.1 Å². The van der Waals surface area contributed by atoms with Crippen molar-refractivity contribution in [3.8, 4) is 5.75 Å². The molecule has 3 amide bonds. The molecule has 35 heavy (non-hydrogen) atoms. The van der Waals surface area contributed by atoms with E-state index in [2.05, 4.69) is 10.6 Å². The molecule has 3 aliphatic rings. The van der Waals surface area contributed by atoms with Crippen LogP contribution in [-0.4, -0.2) is 65.2 Å². The summed E-state index contributed by atoms with van der Waals surface area (Å²) in [4.78, 5) is 42.1. The molecule has 0 saturated carbocycles. The Bertz CT molecular complexity index is 1120. The number of hydrogen-bond donors (Lipinski definition) is 3. The van der Waals surface area contributed by atoms with Crippen molar-refractivity contribution in [2.45, 2.75) is 43.6 Å². The maximum absolute atomic E-state index is 13.7. The van der Waals surface area contributed by atoms with Crippen molar-refractivity contribution in [1.82, 2.24) is 4.90 Å². The lowest BCUT2D eigenvalue weighted by molar-refractivity contribution is -0.142. The number of amides is 3. The summed E-state index contributed by atoms with van der Waals surface area (Å²) < 4.78 is 11.5. The van der Waals surface area contributed by atoms with E-state index >= 15 is 0 Å². The molecule has 9 heteroatoms. The van der Waals surface area contributed by atoms with Crippen LogP contribution in [0.25, 0.3) is 0 Å². The highest BCUT2D eigenvalue weighted by molar-refractivity contribution is 6.05. The second-order valence-electron chi connectivity index (χ2n) is 9.41. The third-order valence-corrected chi connectivity index (χ3v) is 7.43. The van der Waals surface area contributed by atoms with Crippen LogP contribution >= 0.6 is 0 Å². The zero-order chi connectivity index (χ0) is 24.7. The third kappa shape index (κ3) is 3.75. The lowest BCUT2D eigenvalue weighted by Gasteiger charge is -2.35. The number of aliphatic hydroxyl groups is 1. The Morgan fingerprint density at radius 3 is 2.43 bits per heavy atom. The molecule has 6 atom stereocenters. The van der Waals surface area contributed by atoms with Crippen molar-refractivity contribution < 1.29 is 29.0 Å². The molecule has 2 bridgehead atoms. The lowest BCUT2D eigenvalue weighted by Crippen LogP contribution is -2.55. The van der Waals surface area contributed by atoms with Gasteiger partial charge in [0.15, 0.2) is 0 Å². The van der Waals surface area contributed by atoms with E-state index in [4.69, 9.17) is 9.47 Å². The minimum atomic E-state index is -1.12. The van der Waals surface area contributed by atoms with Gasteiger partial charge >= 0.3 is 0 Å². The van der Waals surface area contributed by atoms with Crippen LogP contribution in [0.4, 0.5) is 11.4 Å². The second-order valence-corrected chi connectivity index (χ2v) is 9.41.